The molecular weight excluding hydrogens is 366 g/mol. The summed E-state index contributed by atoms with van der Waals surface area (Å²) in [6.07, 6.45) is 0.804. The van der Waals surface area contributed by atoms with Gasteiger partial charge in [-0.15, -0.1) is 0 Å². The van der Waals surface area contributed by atoms with Crippen LogP contribution in [0, 0.1) is 0 Å². The maximum atomic E-state index is 13.0. The van der Waals surface area contributed by atoms with Crippen molar-refractivity contribution in [1.82, 2.24) is 14.7 Å². The van der Waals surface area contributed by atoms with Crippen molar-refractivity contribution in [3.8, 4) is 17.0 Å². The lowest BCUT2D eigenvalue weighted by Gasteiger charge is -2.29. The summed E-state index contributed by atoms with van der Waals surface area (Å²) in [5, 5.41) is 4.52. The number of aromatic nitrogens is 2. The average molecular weight is 391 g/mol. The zero-order chi connectivity index (χ0) is 20.4. The largest absolute Gasteiger partial charge is 0.497 e. The number of nitrogens with zero attached hydrogens (tertiary/aromatic N) is 3. The molecule has 0 N–H and O–H groups in total. The molecule has 4 rings (SSSR count). The first-order valence-corrected chi connectivity index (χ1v) is 9.67. The second-order valence-corrected chi connectivity index (χ2v) is 7.36. The number of carbonyl (C=O) groups excluding carboxylic acids is 1. The Morgan fingerprint density at radius 3 is 2.79 bits per heavy atom. The fourth-order valence-electron chi connectivity index (χ4n) is 3.70. The first-order chi connectivity index (χ1) is 14.0. The number of amides is 1. The second-order valence-electron chi connectivity index (χ2n) is 7.36. The van der Waals surface area contributed by atoms with Gasteiger partial charge in [0.25, 0.3) is 5.91 Å². The van der Waals surface area contributed by atoms with E-state index in [0.717, 1.165) is 23.4 Å². The topological polar surface area (TPSA) is 56.6 Å². The Labute approximate surface area is 170 Å². The van der Waals surface area contributed by atoms with Crippen LogP contribution in [0.1, 0.15) is 21.6 Å². The Morgan fingerprint density at radius 2 is 2.00 bits per heavy atom. The van der Waals surface area contributed by atoms with Crippen LogP contribution in [-0.4, -0.2) is 47.4 Å². The van der Waals surface area contributed by atoms with Crippen molar-refractivity contribution in [2.24, 2.45) is 7.05 Å². The number of methoxy groups -OCH3 is 1. The second kappa shape index (κ2) is 8.09. The number of hydrogen-bond acceptors (Lipinski definition) is 4. The highest BCUT2D eigenvalue weighted by Gasteiger charge is 2.24. The van der Waals surface area contributed by atoms with Crippen molar-refractivity contribution in [3.63, 3.8) is 0 Å². The molecule has 0 saturated carbocycles. The summed E-state index contributed by atoms with van der Waals surface area (Å²) in [7, 11) is 5.23. The van der Waals surface area contributed by atoms with Crippen LogP contribution < -0.4 is 4.74 Å². The highest BCUT2D eigenvalue weighted by Crippen LogP contribution is 2.24. The molecule has 1 aliphatic heterocycles. The van der Waals surface area contributed by atoms with Gasteiger partial charge in [-0.25, -0.2) is 0 Å². The lowest BCUT2D eigenvalue weighted by Crippen LogP contribution is -2.38. The Kier molecular flexibility index (Phi) is 5.36. The highest BCUT2D eigenvalue weighted by molar-refractivity contribution is 5.93. The molecule has 1 atom stereocenters. The van der Waals surface area contributed by atoms with Crippen molar-refractivity contribution in [2.75, 3.05) is 20.7 Å². The molecule has 3 aromatic rings. The molecule has 150 valence electrons. The third-order valence-electron chi connectivity index (χ3n) is 5.33. The number of aryl methyl sites for hydroxylation is 1. The van der Waals surface area contributed by atoms with E-state index in [9.17, 15) is 4.79 Å². The summed E-state index contributed by atoms with van der Waals surface area (Å²) in [5.41, 5.74) is 4.72. The average Bonchev–Trinajstić information content (AvgIpc) is 3.14. The van der Waals surface area contributed by atoms with Crippen molar-refractivity contribution < 1.29 is 14.3 Å². The molecule has 0 bridgehead atoms. The minimum Gasteiger partial charge on any atom is -0.497 e. The fraction of sp³-hybridized carbons (Fsp3) is 0.304. The Morgan fingerprint density at radius 1 is 1.21 bits per heavy atom. The van der Waals surface area contributed by atoms with Crippen LogP contribution in [0.2, 0.25) is 0 Å². The van der Waals surface area contributed by atoms with Gasteiger partial charge < -0.3 is 14.4 Å². The van der Waals surface area contributed by atoms with Crippen LogP contribution in [-0.2, 0) is 24.8 Å². The smallest absolute Gasteiger partial charge is 0.271 e. The first-order valence-electron chi connectivity index (χ1n) is 9.67. The zero-order valence-electron chi connectivity index (χ0n) is 17.0. The number of ether oxygens (including phenoxy) is 2. The number of carbonyl (C=O) groups is 1. The summed E-state index contributed by atoms with van der Waals surface area (Å²) in [6.45, 7) is 1.13. The third kappa shape index (κ3) is 4.03. The molecule has 2 heterocycles. The van der Waals surface area contributed by atoms with E-state index in [-0.39, 0.29) is 12.0 Å². The van der Waals surface area contributed by atoms with Crippen molar-refractivity contribution in [3.05, 3.63) is 71.4 Å². The molecule has 6 nitrogen and oxygen atoms in total. The van der Waals surface area contributed by atoms with Crippen LogP contribution >= 0.6 is 0 Å². The van der Waals surface area contributed by atoms with Crippen molar-refractivity contribution in [1.29, 1.82) is 0 Å². The zero-order valence-corrected chi connectivity index (χ0v) is 17.0. The molecule has 1 aromatic heterocycles. The SMILES string of the molecule is COc1cccc(-c2cc(C(=O)N(C)CC3Cc4ccccc4CO3)n(C)n2)c1. The van der Waals surface area contributed by atoms with Gasteiger partial charge in [0.1, 0.15) is 11.4 Å². The highest BCUT2D eigenvalue weighted by atomic mass is 16.5. The summed E-state index contributed by atoms with van der Waals surface area (Å²) in [6, 6.07) is 17.8. The fourth-order valence-corrected chi connectivity index (χ4v) is 3.70. The number of rotatable bonds is 5. The van der Waals surface area contributed by atoms with Gasteiger partial charge in [0, 0.05) is 32.6 Å². The van der Waals surface area contributed by atoms with Crippen LogP contribution in [0.25, 0.3) is 11.3 Å². The van der Waals surface area contributed by atoms with Gasteiger partial charge in [0.2, 0.25) is 0 Å². The quantitative estimate of drug-likeness (QED) is 0.670. The minimum absolute atomic E-state index is 0.00932. The van der Waals surface area contributed by atoms with E-state index in [1.807, 2.05) is 49.5 Å². The van der Waals surface area contributed by atoms with E-state index in [2.05, 4.69) is 17.2 Å². The van der Waals surface area contributed by atoms with Gasteiger partial charge in [0.05, 0.1) is 25.5 Å². The molecule has 0 fully saturated rings. The van der Waals surface area contributed by atoms with Gasteiger partial charge in [-0.3, -0.25) is 9.48 Å². The molecule has 0 radical (unpaired) electrons. The number of likely N-dealkylation sites (N-methyl/N-ethyl adjacent to an activating group) is 1. The number of fused-ring (bicyclic) bond motifs is 1. The van der Waals surface area contributed by atoms with Gasteiger partial charge in [-0.05, 0) is 29.3 Å². The normalized spacial score (nSPS) is 15.6. The van der Waals surface area contributed by atoms with Crippen molar-refractivity contribution >= 4 is 5.91 Å². The summed E-state index contributed by atoms with van der Waals surface area (Å²) >= 11 is 0. The predicted octanol–water partition coefficient (Wildman–Crippen LogP) is 3.31. The van der Waals surface area contributed by atoms with Gasteiger partial charge in [0.15, 0.2) is 0 Å². The summed E-state index contributed by atoms with van der Waals surface area (Å²) in [4.78, 5) is 14.8. The Bertz CT molecular complexity index is 1030. The molecule has 1 aliphatic rings. The maximum absolute atomic E-state index is 13.0. The van der Waals surface area contributed by atoms with E-state index < -0.39 is 0 Å². The Hall–Kier alpha value is -3.12. The van der Waals surface area contributed by atoms with Crippen molar-refractivity contribution in [2.45, 2.75) is 19.1 Å². The van der Waals surface area contributed by atoms with Crippen LogP contribution in [0.15, 0.2) is 54.6 Å². The summed E-state index contributed by atoms with van der Waals surface area (Å²) in [5.74, 6) is 0.685. The number of benzene rings is 2. The van der Waals surface area contributed by atoms with Gasteiger partial charge in [-0.1, -0.05) is 36.4 Å². The molecule has 6 heteroatoms. The lowest BCUT2D eigenvalue weighted by atomic mass is 9.99. The minimum atomic E-state index is -0.0726. The lowest BCUT2D eigenvalue weighted by molar-refractivity contribution is 0.00961. The monoisotopic (exact) mass is 391 g/mol. The van der Waals surface area contributed by atoms with Crippen LogP contribution in [0.4, 0.5) is 0 Å². The third-order valence-corrected chi connectivity index (χ3v) is 5.33. The standard InChI is InChI=1S/C23H25N3O3/c1-25(14-20-11-16-7-4-5-8-18(16)15-29-20)23(27)22-13-21(24-26(22)2)17-9-6-10-19(12-17)28-3/h4-10,12-13,20H,11,14-15H2,1-3H3. The summed E-state index contributed by atoms with van der Waals surface area (Å²) < 4.78 is 12.9. The molecule has 1 unspecified atom stereocenters. The Balaban J connectivity index is 1.47. The van der Waals surface area contributed by atoms with E-state index in [0.29, 0.717) is 18.8 Å². The van der Waals surface area contributed by atoms with E-state index in [1.54, 1.807) is 23.7 Å². The van der Waals surface area contributed by atoms with E-state index in [1.165, 1.54) is 11.1 Å². The number of hydrogen-bond donors (Lipinski definition) is 0. The van der Waals surface area contributed by atoms with Crippen LogP contribution in [0.3, 0.4) is 0 Å². The maximum Gasteiger partial charge on any atom is 0.271 e. The van der Waals surface area contributed by atoms with E-state index >= 15 is 0 Å². The van der Waals surface area contributed by atoms with E-state index in [4.69, 9.17) is 9.47 Å². The molecule has 29 heavy (non-hydrogen) atoms. The molecular formula is C23H25N3O3. The van der Waals surface area contributed by atoms with Gasteiger partial charge in [-0.2, -0.15) is 5.10 Å². The van der Waals surface area contributed by atoms with Gasteiger partial charge >= 0.3 is 0 Å². The molecule has 0 saturated heterocycles. The predicted molar refractivity (Wildman–Crippen MR) is 111 cm³/mol. The molecule has 0 aliphatic carbocycles. The first kappa shape index (κ1) is 19.2. The molecule has 1 amide bonds. The molecule has 2 aromatic carbocycles. The van der Waals surface area contributed by atoms with Crippen LogP contribution in [0.5, 0.6) is 5.75 Å². The molecule has 0 spiro atoms.